The molecule has 112 valence electrons. The highest BCUT2D eigenvalue weighted by Gasteiger charge is 2.01. The van der Waals surface area contributed by atoms with E-state index < -0.39 is 0 Å². The van der Waals surface area contributed by atoms with Gasteiger partial charge in [0.1, 0.15) is 17.5 Å². The Balaban J connectivity index is 1.81. The molecule has 0 saturated heterocycles. The number of aryl methyl sites for hydroxylation is 2. The van der Waals surface area contributed by atoms with Crippen molar-refractivity contribution in [1.29, 1.82) is 0 Å². The Morgan fingerprint density at radius 3 is 2.29 bits per heavy atom. The monoisotopic (exact) mass is 284 g/mol. The molecule has 0 aliphatic heterocycles. The van der Waals surface area contributed by atoms with Gasteiger partial charge in [-0.05, 0) is 31.7 Å². The van der Waals surface area contributed by atoms with Gasteiger partial charge in [0.2, 0.25) is 0 Å². The number of anilines is 2. The normalized spacial score (nSPS) is 10.4. The van der Waals surface area contributed by atoms with Gasteiger partial charge >= 0.3 is 0 Å². The molecule has 0 aliphatic carbocycles. The average Bonchev–Trinajstić information content (AvgIpc) is 2.50. The van der Waals surface area contributed by atoms with Crippen LogP contribution in [0.1, 0.15) is 31.2 Å². The molecule has 1 heterocycles. The van der Waals surface area contributed by atoms with E-state index in [-0.39, 0.29) is 0 Å². The molecule has 2 rings (SSSR count). The maximum atomic E-state index is 4.42. The molecule has 0 amide bonds. The lowest BCUT2D eigenvalue weighted by Crippen LogP contribution is -2.09. The maximum absolute atomic E-state index is 4.42. The number of nitrogens with one attached hydrogen (secondary N) is 2. The van der Waals surface area contributed by atoms with E-state index >= 15 is 0 Å². The van der Waals surface area contributed by atoms with E-state index in [1.54, 1.807) is 0 Å². The van der Waals surface area contributed by atoms with E-state index in [2.05, 4.69) is 57.9 Å². The summed E-state index contributed by atoms with van der Waals surface area (Å²) in [7, 11) is 0. The molecule has 0 bridgehead atoms. The van der Waals surface area contributed by atoms with Crippen LogP contribution in [0.4, 0.5) is 11.6 Å². The summed E-state index contributed by atoms with van der Waals surface area (Å²) in [6, 6.07) is 12.5. The molecule has 4 heteroatoms. The smallest absolute Gasteiger partial charge is 0.131 e. The minimum absolute atomic E-state index is 0.793. The van der Waals surface area contributed by atoms with Crippen molar-refractivity contribution < 1.29 is 0 Å². The van der Waals surface area contributed by atoms with Crippen molar-refractivity contribution in [1.82, 2.24) is 9.97 Å². The lowest BCUT2D eigenvalue weighted by atomic mass is 10.1. The van der Waals surface area contributed by atoms with Gasteiger partial charge in [0.05, 0.1) is 0 Å². The van der Waals surface area contributed by atoms with Crippen molar-refractivity contribution >= 4 is 11.6 Å². The molecule has 0 atom stereocenters. The van der Waals surface area contributed by atoms with Crippen molar-refractivity contribution in [3.8, 4) is 0 Å². The summed E-state index contributed by atoms with van der Waals surface area (Å²) in [6.45, 7) is 5.92. The van der Waals surface area contributed by atoms with Crippen molar-refractivity contribution in [2.24, 2.45) is 0 Å². The Kier molecular flexibility index (Phi) is 6.00. The minimum atomic E-state index is 0.793. The van der Waals surface area contributed by atoms with E-state index in [9.17, 15) is 0 Å². The molecular formula is C17H24N4. The third-order valence-electron chi connectivity index (χ3n) is 3.19. The van der Waals surface area contributed by atoms with Gasteiger partial charge in [0.25, 0.3) is 0 Å². The SMILES string of the molecule is CCCNc1cc(NCCCc2ccccc2)nc(C)n1. The van der Waals surface area contributed by atoms with E-state index in [1.165, 1.54) is 5.56 Å². The van der Waals surface area contributed by atoms with Crippen molar-refractivity contribution in [2.75, 3.05) is 23.7 Å². The molecule has 0 spiro atoms. The first-order valence-electron chi connectivity index (χ1n) is 7.65. The number of rotatable bonds is 8. The number of nitrogens with zero attached hydrogens (tertiary/aromatic N) is 2. The summed E-state index contributed by atoms with van der Waals surface area (Å²) in [5.74, 6) is 2.59. The summed E-state index contributed by atoms with van der Waals surface area (Å²) in [5, 5.41) is 6.68. The topological polar surface area (TPSA) is 49.8 Å². The van der Waals surface area contributed by atoms with Crippen LogP contribution >= 0.6 is 0 Å². The maximum Gasteiger partial charge on any atom is 0.131 e. The highest BCUT2D eigenvalue weighted by Crippen LogP contribution is 2.11. The van der Waals surface area contributed by atoms with E-state index in [0.717, 1.165) is 49.8 Å². The lowest BCUT2D eigenvalue weighted by Gasteiger charge is -2.09. The number of hydrogen-bond donors (Lipinski definition) is 2. The molecule has 4 nitrogen and oxygen atoms in total. The molecule has 1 aromatic heterocycles. The van der Waals surface area contributed by atoms with Gasteiger partial charge in [-0.3, -0.25) is 0 Å². The minimum Gasteiger partial charge on any atom is -0.370 e. The lowest BCUT2D eigenvalue weighted by molar-refractivity contribution is 0.855. The second-order valence-electron chi connectivity index (χ2n) is 5.13. The summed E-state index contributed by atoms with van der Waals surface area (Å²) in [4.78, 5) is 8.81. The standard InChI is InChI=1S/C17H24N4/c1-3-11-18-16-13-17(21-14(2)20-16)19-12-7-10-15-8-5-4-6-9-15/h4-6,8-9,13H,3,7,10-12H2,1-2H3,(H2,18,19,20,21). The largest absolute Gasteiger partial charge is 0.370 e. The number of aromatic nitrogens is 2. The molecule has 0 aliphatic rings. The molecule has 21 heavy (non-hydrogen) atoms. The fourth-order valence-corrected chi connectivity index (χ4v) is 2.16. The molecule has 0 fully saturated rings. The number of benzene rings is 1. The molecule has 1 aromatic carbocycles. The van der Waals surface area contributed by atoms with Crippen LogP contribution in [-0.2, 0) is 6.42 Å². The Morgan fingerprint density at radius 2 is 1.62 bits per heavy atom. The predicted molar refractivity (Wildman–Crippen MR) is 88.8 cm³/mol. The van der Waals surface area contributed by atoms with Crippen LogP contribution in [0.5, 0.6) is 0 Å². The third kappa shape index (κ3) is 5.42. The summed E-state index contributed by atoms with van der Waals surface area (Å²) < 4.78 is 0. The third-order valence-corrected chi connectivity index (χ3v) is 3.19. The molecule has 0 unspecified atom stereocenters. The second kappa shape index (κ2) is 8.25. The zero-order valence-corrected chi connectivity index (χ0v) is 12.9. The Labute approximate surface area is 127 Å². The van der Waals surface area contributed by atoms with Gasteiger partial charge in [-0.1, -0.05) is 37.3 Å². The molecular weight excluding hydrogens is 260 g/mol. The number of hydrogen-bond acceptors (Lipinski definition) is 4. The van der Waals surface area contributed by atoms with Gasteiger partial charge < -0.3 is 10.6 Å². The van der Waals surface area contributed by atoms with Crippen molar-refractivity contribution in [3.63, 3.8) is 0 Å². The molecule has 0 saturated carbocycles. The van der Waals surface area contributed by atoms with Crippen molar-refractivity contribution in [2.45, 2.75) is 33.1 Å². The summed E-state index contributed by atoms with van der Waals surface area (Å²) >= 11 is 0. The van der Waals surface area contributed by atoms with Crippen molar-refractivity contribution in [3.05, 3.63) is 47.8 Å². The first-order valence-corrected chi connectivity index (χ1v) is 7.65. The van der Waals surface area contributed by atoms with E-state index in [4.69, 9.17) is 0 Å². The molecule has 2 aromatic rings. The quantitative estimate of drug-likeness (QED) is 0.726. The van der Waals surface area contributed by atoms with Gasteiger partial charge in [-0.2, -0.15) is 0 Å². The predicted octanol–water partition coefficient (Wildman–Crippen LogP) is 3.65. The van der Waals surface area contributed by atoms with E-state index in [1.807, 2.05) is 13.0 Å². The summed E-state index contributed by atoms with van der Waals surface area (Å²) in [5.41, 5.74) is 1.38. The van der Waals surface area contributed by atoms with Gasteiger partial charge in [-0.15, -0.1) is 0 Å². The average molecular weight is 284 g/mol. The molecule has 0 radical (unpaired) electrons. The van der Waals surface area contributed by atoms with E-state index in [0.29, 0.717) is 0 Å². The fraction of sp³-hybridized carbons (Fsp3) is 0.412. The van der Waals surface area contributed by atoms with Gasteiger partial charge in [0, 0.05) is 19.2 Å². The highest BCUT2D eigenvalue weighted by atomic mass is 15.1. The zero-order valence-electron chi connectivity index (χ0n) is 12.9. The van der Waals surface area contributed by atoms with Gasteiger partial charge in [0.15, 0.2) is 0 Å². The van der Waals surface area contributed by atoms with Crippen LogP contribution in [0.3, 0.4) is 0 Å². The summed E-state index contributed by atoms with van der Waals surface area (Å²) in [6.07, 6.45) is 3.26. The van der Waals surface area contributed by atoms with Crippen LogP contribution < -0.4 is 10.6 Å². The van der Waals surface area contributed by atoms with Crippen LogP contribution in [0.25, 0.3) is 0 Å². The second-order valence-corrected chi connectivity index (χ2v) is 5.13. The first kappa shape index (κ1) is 15.3. The van der Waals surface area contributed by atoms with Gasteiger partial charge in [-0.25, -0.2) is 9.97 Å². The first-order chi connectivity index (χ1) is 10.3. The Hall–Kier alpha value is -2.10. The molecule has 2 N–H and O–H groups in total. The fourth-order valence-electron chi connectivity index (χ4n) is 2.16. The zero-order chi connectivity index (χ0) is 14.9. The van der Waals surface area contributed by atoms with Crippen LogP contribution in [-0.4, -0.2) is 23.1 Å². The highest BCUT2D eigenvalue weighted by molar-refractivity contribution is 5.47. The Morgan fingerprint density at radius 1 is 0.952 bits per heavy atom. The van der Waals surface area contributed by atoms with Crippen LogP contribution in [0, 0.1) is 6.92 Å². The van der Waals surface area contributed by atoms with Crippen LogP contribution in [0.2, 0.25) is 0 Å². The van der Waals surface area contributed by atoms with Crippen LogP contribution in [0.15, 0.2) is 36.4 Å². The Bertz CT molecular complexity index is 540.